The van der Waals surface area contributed by atoms with E-state index in [4.69, 9.17) is 16.7 Å². The zero-order valence-electron chi connectivity index (χ0n) is 13.7. The molecular formula is C17H17ClN4O4. The van der Waals surface area contributed by atoms with Gasteiger partial charge in [0.15, 0.2) is 0 Å². The average molecular weight is 377 g/mol. The van der Waals surface area contributed by atoms with Gasteiger partial charge in [-0.05, 0) is 29.3 Å². The van der Waals surface area contributed by atoms with Gasteiger partial charge >= 0.3 is 12.1 Å². The molecule has 1 aromatic carbocycles. The number of nitrogens with zero attached hydrogens (tertiary/aromatic N) is 4. The topological polar surface area (TPSA) is 107 Å². The third-order valence-electron chi connectivity index (χ3n) is 4.25. The largest absolute Gasteiger partial charge is 0.480 e. The molecule has 1 aliphatic heterocycles. The molecule has 3 rings (SSSR count). The van der Waals surface area contributed by atoms with Crippen LogP contribution in [0.5, 0.6) is 0 Å². The van der Waals surface area contributed by atoms with Crippen molar-refractivity contribution in [2.45, 2.75) is 12.6 Å². The second-order valence-corrected chi connectivity index (χ2v) is 6.31. The zero-order valence-corrected chi connectivity index (χ0v) is 14.5. The van der Waals surface area contributed by atoms with Crippen LogP contribution in [-0.4, -0.2) is 67.7 Å². The molecule has 136 valence electrons. The predicted octanol–water partition coefficient (Wildman–Crippen LogP) is 2.05. The number of piperazine rings is 1. The lowest BCUT2D eigenvalue weighted by Gasteiger charge is -2.37. The number of hydrogen-bond donors (Lipinski definition) is 2. The summed E-state index contributed by atoms with van der Waals surface area (Å²) in [7, 11) is 0. The standard InChI is InChI=1S/C17H17ClN4O4/c18-16-19-5-4-13(20-16)12-3-1-2-11(8-12)9-21-6-7-22(17(25)26)14(10-21)15(23)24/h1-5,8,14H,6-7,9-10H2,(H,23,24)(H,25,26). The van der Waals surface area contributed by atoms with E-state index in [-0.39, 0.29) is 18.4 Å². The molecule has 26 heavy (non-hydrogen) atoms. The van der Waals surface area contributed by atoms with Crippen LogP contribution in [0, 0.1) is 0 Å². The van der Waals surface area contributed by atoms with Gasteiger partial charge < -0.3 is 10.2 Å². The number of carboxylic acid groups (broad SMARTS) is 2. The molecule has 1 fully saturated rings. The monoisotopic (exact) mass is 376 g/mol. The SMILES string of the molecule is O=C(O)C1CN(Cc2cccc(-c3ccnc(Cl)n3)c2)CCN1C(=O)O. The Morgan fingerprint density at radius 2 is 2.04 bits per heavy atom. The van der Waals surface area contributed by atoms with Crippen molar-refractivity contribution in [3.8, 4) is 11.3 Å². The first kappa shape index (κ1) is 18.1. The number of rotatable bonds is 4. The molecule has 1 aliphatic rings. The molecule has 8 nitrogen and oxygen atoms in total. The van der Waals surface area contributed by atoms with E-state index in [0.29, 0.717) is 18.8 Å². The summed E-state index contributed by atoms with van der Waals surface area (Å²) in [5.41, 5.74) is 2.56. The van der Waals surface area contributed by atoms with Crippen LogP contribution < -0.4 is 0 Å². The van der Waals surface area contributed by atoms with Gasteiger partial charge in [0.1, 0.15) is 6.04 Å². The lowest BCUT2D eigenvalue weighted by molar-refractivity contribution is -0.145. The van der Waals surface area contributed by atoms with Crippen LogP contribution in [0.4, 0.5) is 4.79 Å². The Morgan fingerprint density at radius 3 is 2.73 bits per heavy atom. The fourth-order valence-corrected chi connectivity index (χ4v) is 3.15. The van der Waals surface area contributed by atoms with E-state index in [1.165, 1.54) is 0 Å². The van der Waals surface area contributed by atoms with Crippen molar-refractivity contribution in [2.75, 3.05) is 19.6 Å². The smallest absolute Gasteiger partial charge is 0.408 e. The first-order valence-corrected chi connectivity index (χ1v) is 8.34. The summed E-state index contributed by atoms with van der Waals surface area (Å²) in [4.78, 5) is 33.5. The summed E-state index contributed by atoms with van der Waals surface area (Å²) in [6, 6.07) is 8.39. The fraction of sp³-hybridized carbons (Fsp3) is 0.294. The van der Waals surface area contributed by atoms with Crippen molar-refractivity contribution in [1.29, 1.82) is 0 Å². The van der Waals surface area contributed by atoms with Crippen LogP contribution in [0.25, 0.3) is 11.3 Å². The van der Waals surface area contributed by atoms with Crippen molar-refractivity contribution in [3.05, 3.63) is 47.4 Å². The Morgan fingerprint density at radius 1 is 1.23 bits per heavy atom. The van der Waals surface area contributed by atoms with Gasteiger partial charge in [0.2, 0.25) is 5.28 Å². The summed E-state index contributed by atoms with van der Waals surface area (Å²) in [6.07, 6.45) is 0.375. The van der Waals surface area contributed by atoms with Crippen molar-refractivity contribution < 1.29 is 19.8 Å². The van der Waals surface area contributed by atoms with Gasteiger partial charge in [0, 0.05) is 37.9 Å². The maximum absolute atomic E-state index is 11.4. The van der Waals surface area contributed by atoms with Crippen molar-refractivity contribution >= 4 is 23.7 Å². The second kappa shape index (κ2) is 7.67. The Labute approximate surface area is 154 Å². The lowest BCUT2D eigenvalue weighted by Crippen LogP contribution is -2.57. The Kier molecular flexibility index (Phi) is 5.34. The van der Waals surface area contributed by atoms with Gasteiger partial charge in [-0.15, -0.1) is 0 Å². The Balaban J connectivity index is 1.74. The highest BCUT2D eigenvalue weighted by atomic mass is 35.5. The number of hydrogen-bond acceptors (Lipinski definition) is 5. The first-order chi connectivity index (χ1) is 12.4. The highest BCUT2D eigenvalue weighted by Gasteiger charge is 2.35. The van der Waals surface area contributed by atoms with Crippen LogP contribution in [-0.2, 0) is 11.3 Å². The molecular weight excluding hydrogens is 360 g/mol. The van der Waals surface area contributed by atoms with E-state index in [0.717, 1.165) is 16.0 Å². The molecule has 9 heteroatoms. The van der Waals surface area contributed by atoms with E-state index >= 15 is 0 Å². The minimum Gasteiger partial charge on any atom is -0.480 e. The molecule has 2 heterocycles. The molecule has 1 amide bonds. The molecule has 1 aromatic heterocycles. The molecule has 2 N–H and O–H groups in total. The number of halogens is 1. The number of aliphatic carboxylic acids is 1. The molecule has 1 unspecified atom stereocenters. The van der Waals surface area contributed by atoms with Crippen LogP contribution in [0.1, 0.15) is 5.56 Å². The molecule has 1 atom stereocenters. The summed E-state index contributed by atoms with van der Waals surface area (Å²) >= 11 is 5.84. The number of benzene rings is 1. The van der Waals surface area contributed by atoms with E-state index in [2.05, 4.69) is 9.97 Å². The highest BCUT2D eigenvalue weighted by molar-refractivity contribution is 6.28. The normalized spacial score (nSPS) is 17.9. The van der Waals surface area contributed by atoms with E-state index in [1.807, 2.05) is 29.2 Å². The van der Waals surface area contributed by atoms with Crippen LogP contribution >= 0.6 is 11.6 Å². The number of aromatic nitrogens is 2. The first-order valence-electron chi connectivity index (χ1n) is 7.96. The minimum absolute atomic E-state index is 0.144. The number of amides is 1. The van der Waals surface area contributed by atoms with Gasteiger partial charge in [-0.1, -0.05) is 18.2 Å². The molecule has 0 spiro atoms. The van der Waals surface area contributed by atoms with E-state index in [1.54, 1.807) is 12.3 Å². The average Bonchev–Trinajstić information content (AvgIpc) is 2.61. The predicted molar refractivity (Wildman–Crippen MR) is 93.9 cm³/mol. The van der Waals surface area contributed by atoms with Crippen LogP contribution in [0.3, 0.4) is 0 Å². The fourth-order valence-electron chi connectivity index (χ4n) is 3.01. The quantitative estimate of drug-likeness (QED) is 0.786. The second-order valence-electron chi connectivity index (χ2n) is 5.98. The number of carbonyl (C=O) groups is 2. The molecule has 0 bridgehead atoms. The molecule has 0 radical (unpaired) electrons. The van der Waals surface area contributed by atoms with Crippen LogP contribution in [0.15, 0.2) is 36.5 Å². The van der Waals surface area contributed by atoms with Crippen molar-refractivity contribution in [1.82, 2.24) is 19.8 Å². The van der Waals surface area contributed by atoms with Crippen LogP contribution in [0.2, 0.25) is 5.28 Å². The van der Waals surface area contributed by atoms with Gasteiger partial charge in [-0.2, -0.15) is 0 Å². The summed E-state index contributed by atoms with van der Waals surface area (Å²) in [5.74, 6) is -1.14. The lowest BCUT2D eigenvalue weighted by atomic mass is 10.1. The molecule has 0 aliphatic carbocycles. The minimum atomic E-state index is -1.21. The van der Waals surface area contributed by atoms with E-state index < -0.39 is 18.1 Å². The summed E-state index contributed by atoms with van der Waals surface area (Å²) in [5, 5.41) is 18.6. The molecule has 2 aromatic rings. The Bertz CT molecular complexity index is 832. The molecule has 0 saturated carbocycles. The maximum Gasteiger partial charge on any atom is 0.408 e. The molecule has 1 saturated heterocycles. The van der Waals surface area contributed by atoms with E-state index in [9.17, 15) is 14.7 Å². The third kappa shape index (κ3) is 4.09. The Hall–Kier alpha value is -2.71. The van der Waals surface area contributed by atoms with Gasteiger partial charge in [-0.3, -0.25) is 9.80 Å². The van der Waals surface area contributed by atoms with Gasteiger partial charge in [0.25, 0.3) is 0 Å². The van der Waals surface area contributed by atoms with Gasteiger partial charge in [-0.25, -0.2) is 19.6 Å². The number of carboxylic acids is 1. The van der Waals surface area contributed by atoms with Crippen molar-refractivity contribution in [3.63, 3.8) is 0 Å². The maximum atomic E-state index is 11.4. The van der Waals surface area contributed by atoms with Crippen molar-refractivity contribution in [2.24, 2.45) is 0 Å². The van der Waals surface area contributed by atoms with Gasteiger partial charge in [0.05, 0.1) is 5.69 Å². The summed E-state index contributed by atoms with van der Waals surface area (Å²) in [6.45, 7) is 1.29. The highest BCUT2D eigenvalue weighted by Crippen LogP contribution is 2.21. The third-order valence-corrected chi connectivity index (χ3v) is 4.43. The zero-order chi connectivity index (χ0) is 18.7. The summed E-state index contributed by atoms with van der Waals surface area (Å²) < 4.78 is 0.